The number of hydrogen-bond acceptors (Lipinski definition) is 4. The summed E-state index contributed by atoms with van der Waals surface area (Å²) in [7, 11) is 1.69. The molecule has 1 heterocycles. The fraction of sp³-hybridized carbons (Fsp3) is 0.600. The number of rotatable bonds is 7. The molecular weight excluding hydrogens is 338 g/mol. The van der Waals surface area contributed by atoms with Gasteiger partial charge in [-0.15, -0.1) is 0 Å². The molecule has 1 aromatic carbocycles. The van der Waals surface area contributed by atoms with Gasteiger partial charge >= 0.3 is 0 Å². The van der Waals surface area contributed by atoms with Crippen LogP contribution >= 0.6 is 27.7 Å². The summed E-state index contributed by atoms with van der Waals surface area (Å²) >= 11 is 5.61. The van der Waals surface area contributed by atoms with Gasteiger partial charge in [-0.2, -0.15) is 11.8 Å². The number of ether oxygens (including phenoxy) is 2. The largest absolute Gasteiger partial charge is 0.493 e. The predicted molar refractivity (Wildman–Crippen MR) is 89.0 cm³/mol. The van der Waals surface area contributed by atoms with Gasteiger partial charge in [0.2, 0.25) is 0 Å². The Morgan fingerprint density at radius 2 is 2.30 bits per heavy atom. The summed E-state index contributed by atoms with van der Waals surface area (Å²) in [4.78, 5) is 0. The molecule has 1 N–H and O–H groups in total. The zero-order valence-corrected chi connectivity index (χ0v) is 14.5. The zero-order valence-electron chi connectivity index (χ0n) is 12.1. The molecule has 1 unspecified atom stereocenters. The molecule has 0 spiro atoms. The molecule has 1 aliphatic heterocycles. The second kappa shape index (κ2) is 8.15. The van der Waals surface area contributed by atoms with Crippen molar-refractivity contribution in [3.8, 4) is 11.5 Å². The normalized spacial score (nSPS) is 18.2. The van der Waals surface area contributed by atoms with Crippen molar-refractivity contribution in [3.63, 3.8) is 0 Å². The van der Waals surface area contributed by atoms with Gasteiger partial charge < -0.3 is 14.8 Å². The molecule has 0 bridgehead atoms. The van der Waals surface area contributed by atoms with Crippen LogP contribution in [0, 0.1) is 0 Å². The van der Waals surface area contributed by atoms with Gasteiger partial charge in [0.1, 0.15) is 0 Å². The standard InChI is InChI=1S/C15H22BrNO2S/c1-3-5-19-15-13(16)7-11(8-14(15)18-2)9-17-12-4-6-20-10-12/h7-8,12,17H,3-6,9-10H2,1-2H3. The molecule has 2 rings (SSSR count). The van der Waals surface area contributed by atoms with Crippen LogP contribution in [0.3, 0.4) is 0 Å². The van der Waals surface area contributed by atoms with Crippen molar-refractivity contribution < 1.29 is 9.47 Å². The Kier molecular flexibility index (Phi) is 6.52. The molecule has 112 valence electrons. The third-order valence-electron chi connectivity index (χ3n) is 3.26. The van der Waals surface area contributed by atoms with Crippen LogP contribution in [0.5, 0.6) is 11.5 Å². The molecule has 0 radical (unpaired) electrons. The first-order valence-electron chi connectivity index (χ1n) is 7.05. The summed E-state index contributed by atoms with van der Waals surface area (Å²) in [6.45, 7) is 3.67. The summed E-state index contributed by atoms with van der Waals surface area (Å²) in [6.07, 6.45) is 2.25. The monoisotopic (exact) mass is 359 g/mol. The lowest BCUT2D eigenvalue weighted by Gasteiger charge is -2.16. The third-order valence-corrected chi connectivity index (χ3v) is 5.02. The second-order valence-electron chi connectivity index (χ2n) is 4.90. The highest BCUT2D eigenvalue weighted by atomic mass is 79.9. The molecule has 1 saturated heterocycles. The van der Waals surface area contributed by atoms with E-state index in [1.165, 1.54) is 23.5 Å². The maximum Gasteiger partial charge on any atom is 0.175 e. The van der Waals surface area contributed by atoms with Crippen molar-refractivity contribution in [1.29, 1.82) is 0 Å². The predicted octanol–water partition coefficient (Wildman–Crippen LogP) is 3.84. The van der Waals surface area contributed by atoms with E-state index in [2.05, 4.69) is 40.3 Å². The summed E-state index contributed by atoms with van der Waals surface area (Å²) in [5, 5.41) is 3.60. The molecule has 1 atom stereocenters. The van der Waals surface area contributed by atoms with Crippen molar-refractivity contribution >= 4 is 27.7 Å². The molecule has 0 aromatic heterocycles. The van der Waals surface area contributed by atoms with E-state index >= 15 is 0 Å². The van der Waals surface area contributed by atoms with Crippen LogP contribution in [0.25, 0.3) is 0 Å². The van der Waals surface area contributed by atoms with E-state index in [1.54, 1.807) is 7.11 Å². The lowest BCUT2D eigenvalue weighted by molar-refractivity contribution is 0.292. The van der Waals surface area contributed by atoms with E-state index in [0.717, 1.165) is 28.9 Å². The molecule has 1 fully saturated rings. The van der Waals surface area contributed by atoms with E-state index in [0.29, 0.717) is 12.6 Å². The molecule has 0 amide bonds. The average Bonchev–Trinajstić information content (AvgIpc) is 2.96. The van der Waals surface area contributed by atoms with Gasteiger partial charge in [0, 0.05) is 18.3 Å². The van der Waals surface area contributed by atoms with Crippen molar-refractivity contribution in [2.24, 2.45) is 0 Å². The lowest BCUT2D eigenvalue weighted by Crippen LogP contribution is -2.27. The van der Waals surface area contributed by atoms with Gasteiger partial charge in [-0.05, 0) is 52.2 Å². The summed E-state index contributed by atoms with van der Waals surface area (Å²) in [5.74, 6) is 4.09. The molecule has 5 heteroatoms. The topological polar surface area (TPSA) is 30.5 Å². The van der Waals surface area contributed by atoms with Crippen LogP contribution in [0.1, 0.15) is 25.3 Å². The highest BCUT2D eigenvalue weighted by Gasteiger charge is 2.16. The molecule has 1 aliphatic rings. The molecule has 3 nitrogen and oxygen atoms in total. The zero-order chi connectivity index (χ0) is 14.4. The highest BCUT2D eigenvalue weighted by molar-refractivity contribution is 9.10. The second-order valence-corrected chi connectivity index (χ2v) is 6.90. The van der Waals surface area contributed by atoms with Crippen LogP contribution in [0.2, 0.25) is 0 Å². The first kappa shape index (κ1) is 16.0. The van der Waals surface area contributed by atoms with Crippen LogP contribution < -0.4 is 14.8 Å². The maximum atomic E-state index is 5.75. The fourth-order valence-electron chi connectivity index (χ4n) is 2.18. The Morgan fingerprint density at radius 3 is 2.95 bits per heavy atom. The van der Waals surface area contributed by atoms with Crippen LogP contribution in [-0.2, 0) is 6.54 Å². The lowest BCUT2D eigenvalue weighted by atomic mass is 10.1. The molecule has 0 aliphatic carbocycles. The van der Waals surface area contributed by atoms with E-state index in [9.17, 15) is 0 Å². The van der Waals surface area contributed by atoms with Crippen LogP contribution in [0.15, 0.2) is 16.6 Å². The molecule has 0 saturated carbocycles. The number of thioether (sulfide) groups is 1. The Balaban J connectivity index is 2.04. The SMILES string of the molecule is CCCOc1c(Br)cc(CNC2CCSC2)cc1OC. The molecule has 20 heavy (non-hydrogen) atoms. The number of nitrogens with one attached hydrogen (secondary N) is 1. The minimum atomic E-state index is 0.640. The number of hydrogen-bond donors (Lipinski definition) is 1. The van der Waals surface area contributed by atoms with Gasteiger partial charge in [0.05, 0.1) is 18.2 Å². The molecule has 1 aromatic rings. The van der Waals surface area contributed by atoms with E-state index in [4.69, 9.17) is 9.47 Å². The third kappa shape index (κ3) is 4.30. The Bertz CT molecular complexity index is 436. The van der Waals surface area contributed by atoms with Crippen molar-refractivity contribution in [3.05, 3.63) is 22.2 Å². The number of methoxy groups -OCH3 is 1. The van der Waals surface area contributed by atoms with Crippen molar-refractivity contribution in [2.75, 3.05) is 25.2 Å². The van der Waals surface area contributed by atoms with Gasteiger partial charge in [-0.3, -0.25) is 0 Å². The highest BCUT2D eigenvalue weighted by Crippen LogP contribution is 2.36. The van der Waals surface area contributed by atoms with E-state index in [1.807, 2.05) is 11.8 Å². The van der Waals surface area contributed by atoms with Gasteiger partial charge in [0.25, 0.3) is 0 Å². The Morgan fingerprint density at radius 1 is 1.45 bits per heavy atom. The van der Waals surface area contributed by atoms with Crippen LogP contribution in [-0.4, -0.2) is 31.3 Å². The quantitative estimate of drug-likeness (QED) is 0.800. The van der Waals surface area contributed by atoms with Crippen molar-refractivity contribution in [2.45, 2.75) is 32.4 Å². The minimum Gasteiger partial charge on any atom is -0.493 e. The Hall–Kier alpha value is -0.390. The summed E-state index contributed by atoms with van der Waals surface area (Å²) < 4.78 is 12.2. The number of benzene rings is 1. The van der Waals surface area contributed by atoms with Gasteiger partial charge in [-0.1, -0.05) is 6.92 Å². The first-order valence-corrected chi connectivity index (χ1v) is 8.99. The van der Waals surface area contributed by atoms with E-state index in [-0.39, 0.29) is 0 Å². The smallest absolute Gasteiger partial charge is 0.175 e. The Labute approximate surface area is 133 Å². The van der Waals surface area contributed by atoms with E-state index < -0.39 is 0 Å². The minimum absolute atomic E-state index is 0.640. The summed E-state index contributed by atoms with van der Waals surface area (Å²) in [6, 6.07) is 4.81. The summed E-state index contributed by atoms with van der Waals surface area (Å²) in [5.41, 5.74) is 1.22. The average molecular weight is 360 g/mol. The maximum absolute atomic E-state index is 5.75. The fourth-order valence-corrected chi connectivity index (χ4v) is 3.97. The first-order chi connectivity index (χ1) is 9.74. The van der Waals surface area contributed by atoms with Gasteiger partial charge in [0.15, 0.2) is 11.5 Å². The number of halogens is 1. The van der Waals surface area contributed by atoms with Crippen molar-refractivity contribution in [1.82, 2.24) is 5.32 Å². The van der Waals surface area contributed by atoms with Gasteiger partial charge in [-0.25, -0.2) is 0 Å². The molecular formula is C15H22BrNO2S. The van der Waals surface area contributed by atoms with Crippen LogP contribution in [0.4, 0.5) is 0 Å².